The highest BCUT2D eigenvalue weighted by atomic mass is 79.9. The summed E-state index contributed by atoms with van der Waals surface area (Å²) in [6.45, 7) is 0.298. The number of fused-ring (bicyclic) bond motifs is 1. The number of rotatable bonds is 4. The molecule has 0 unspecified atom stereocenters. The molecule has 0 saturated carbocycles. The van der Waals surface area contributed by atoms with Crippen molar-refractivity contribution in [3.63, 3.8) is 0 Å². The minimum absolute atomic E-state index is 0.140. The van der Waals surface area contributed by atoms with E-state index < -0.39 is 10.0 Å². The molecule has 21 heavy (non-hydrogen) atoms. The zero-order chi connectivity index (χ0) is 14.9. The summed E-state index contributed by atoms with van der Waals surface area (Å²) in [5.41, 5.74) is 0.739. The molecule has 0 spiro atoms. The van der Waals surface area contributed by atoms with Crippen molar-refractivity contribution in [1.29, 1.82) is 0 Å². The van der Waals surface area contributed by atoms with Crippen LogP contribution < -0.4 is 14.2 Å². The van der Waals surface area contributed by atoms with Crippen LogP contribution in [0, 0.1) is 0 Å². The fourth-order valence-electron chi connectivity index (χ4n) is 2.02. The Morgan fingerprint density at radius 3 is 2.76 bits per heavy atom. The summed E-state index contributed by atoms with van der Waals surface area (Å²) in [5.74, 6) is 1.23. The van der Waals surface area contributed by atoms with Crippen molar-refractivity contribution in [2.75, 3.05) is 6.79 Å². The van der Waals surface area contributed by atoms with Crippen LogP contribution in [-0.4, -0.2) is 15.2 Å². The average Bonchev–Trinajstić information content (AvgIpc) is 2.94. The lowest BCUT2D eigenvalue weighted by molar-refractivity contribution is 0.173. The zero-order valence-corrected chi connectivity index (χ0v) is 13.3. The molecule has 0 bridgehead atoms. The van der Waals surface area contributed by atoms with Crippen LogP contribution in [-0.2, 0) is 16.6 Å². The number of hydrogen-bond acceptors (Lipinski definition) is 4. The quantitative estimate of drug-likeness (QED) is 0.899. The molecular formula is C14H12BrNO4S. The molecule has 0 aliphatic carbocycles. The summed E-state index contributed by atoms with van der Waals surface area (Å²) in [5, 5.41) is 0. The van der Waals surface area contributed by atoms with E-state index in [-0.39, 0.29) is 18.2 Å². The maximum atomic E-state index is 12.3. The molecule has 110 valence electrons. The van der Waals surface area contributed by atoms with Gasteiger partial charge in [0.25, 0.3) is 0 Å². The molecule has 5 nitrogen and oxygen atoms in total. The summed E-state index contributed by atoms with van der Waals surface area (Å²) in [4.78, 5) is 0.210. The SMILES string of the molecule is O=S(=O)(NCc1cccc2c1OCO2)c1cccc(Br)c1. The van der Waals surface area contributed by atoms with E-state index in [2.05, 4.69) is 20.7 Å². The molecule has 1 N–H and O–H groups in total. The van der Waals surface area contributed by atoms with E-state index in [1.807, 2.05) is 0 Å². The van der Waals surface area contributed by atoms with Gasteiger partial charge in [-0.2, -0.15) is 0 Å². The third-order valence-electron chi connectivity index (χ3n) is 3.04. The van der Waals surface area contributed by atoms with E-state index in [1.54, 1.807) is 42.5 Å². The molecule has 0 radical (unpaired) electrons. The van der Waals surface area contributed by atoms with Gasteiger partial charge < -0.3 is 9.47 Å². The summed E-state index contributed by atoms with van der Waals surface area (Å²) in [7, 11) is -3.57. The van der Waals surface area contributed by atoms with Crippen LogP contribution in [0.4, 0.5) is 0 Å². The Kier molecular flexibility index (Phi) is 3.88. The predicted molar refractivity (Wildman–Crippen MR) is 80.7 cm³/mol. The highest BCUT2D eigenvalue weighted by Crippen LogP contribution is 2.35. The molecule has 1 heterocycles. The Bertz CT molecular complexity index is 776. The fraction of sp³-hybridized carbons (Fsp3) is 0.143. The van der Waals surface area contributed by atoms with Crippen molar-refractivity contribution in [2.24, 2.45) is 0 Å². The molecule has 0 amide bonds. The third kappa shape index (κ3) is 3.04. The number of hydrogen-bond donors (Lipinski definition) is 1. The number of sulfonamides is 1. The number of para-hydroxylation sites is 1. The van der Waals surface area contributed by atoms with Gasteiger partial charge in [-0.1, -0.05) is 34.1 Å². The van der Waals surface area contributed by atoms with Crippen molar-refractivity contribution >= 4 is 26.0 Å². The molecular weight excluding hydrogens is 358 g/mol. The fourth-order valence-corrected chi connectivity index (χ4v) is 3.62. The lowest BCUT2D eigenvalue weighted by atomic mass is 10.2. The van der Waals surface area contributed by atoms with Crippen molar-refractivity contribution in [3.8, 4) is 11.5 Å². The Balaban J connectivity index is 1.80. The topological polar surface area (TPSA) is 64.6 Å². The van der Waals surface area contributed by atoms with Gasteiger partial charge in [0.15, 0.2) is 11.5 Å². The molecule has 2 aromatic rings. The monoisotopic (exact) mass is 369 g/mol. The highest BCUT2D eigenvalue weighted by molar-refractivity contribution is 9.10. The second kappa shape index (κ2) is 5.67. The largest absolute Gasteiger partial charge is 0.454 e. The van der Waals surface area contributed by atoms with Crippen LogP contribution in [0.3, 0.4) is 0 Å². The van der Waals surface area contributed by atoms with Crippen molar-refractivity contribution in [3.05, 3.63) is 52.5 Å². The standard InChI is InChI=1S/C14H12BrNO4S/c15-11-4-2-5-12(7-11)21(17,18)16-8-10-3-1-6-13-14(10)20-9-19-13/h1-7,16H,8-9H2. The number of halogens is 1. The highest BCUT2D eigenvalue weighted by Gasteiger charge is 2.19. The van der Waals surface area contributed by atoms with Crippen LogP contribution in [0.2, 0.25) is 0 Å². The summed E-state index contributed by atoms with van der Waals surface area (Å²) in [6, 6.07) is 11.9. The molecule has 2 aromatic carbocycles. The van der Waals surface area contributed by atoms with Gasteiger partial charge in [-0.05, 0) is 24.3 Å². The van der Waals surface area contributed by atoms with Crippen LogP contribution in [0.15, 0.2) is 51.8 Å². The van der Waals surface area contributed by atoms with Gasteiger partial charge in [-0.25, -0.2) is 13.1 Å². The van der Waals surface area contributed by atoms with E-state index in [0.717, 1.165) is 5.56 Å². The van der Waals surface area contributed by atoms with E-state index in [1.165, 1.54) is 0 Å². The smallest absolute Gasteiger partial charge is 0.240 e. The molecule has 0 fully saturated rings. The third-order valence-corrected chi connectivity index (χ3v) is 4.93. The predicted octanol–water partition coefficient (Wildman–Crippen LogP) is 2.66. The molecule has 1 aliphatic heterocycles. The van der Waals surface area contributed by atoms with Gasteiger partial charge in [-0.15, -0.1) is 0 Å². The molecule has 3 rings (SSSR count). The molecule has 0 aromatic heterocycles. The molecule has 1 aliphatic rings. The van der Waals surface area contributed by atoms with Crippen molar-refractivity contribution < 1.29 is 17.9 Å². The van der Waals surface area contributed by atoms with E-state index in [0.29, 0.717) is 16.0 Å². The summed E-state index contributed by atoms with van der Waals surface area (Å²) in [6.07, 6.45) is 0. The summed E-state index contributed by atoms with van der Waals surface area (Å²) >= 11 is 3.26. The Labute approximate surface area is 131 Å². The second-order valence-corrected chi connectivity index (χ2v) is 7.12. The normalized spacial score (nSPS) is 13.4. The lowest BCUT2D eigenvalue weighted by Gasteiger charge is -2.09. The van der Waals surface area contributed by atoms with Gasteiger partial charge in [0, 0.05) is 16.6 Å². The lowest BCUT2D eigenvalue weighted by Crippen LogP contribution is -2.23. The first-order valence-electron chi connectivity index (χ1n) is 6.19. The first-order chi connectivity index (χ1) is 10.1. The second-order valence-electron chi connectivity index (χ2n) is 4.43. The van der Waals surface area contributed by atoms with Crippen LogP contribution >= 0.6 is 15.9 Å². The van der Waals surface area contributed by atoms with Crippen molar-refractivity contribution in [1.82, 2.24) is 4.72 Å². The maximum absolute atomic E-state index is 12.3. The van der Waals surface area contributed by atoms with Gasteiger partial charge in [0.1, 0.15) is 0 Å². The van der Waals surface area contributed by atoms with Crippen LogP contribution in [0.5, 0.6) is 11.5 Å². The number of nitrogens with one attached hydrogen (secondary N) is 1. The first-order valence-corrected chi connectivity index (χ1v) is 8.46. The van der Waals surface area contributed by atoms with Crippen molar-refractivity contribution in [2.45, 2.75) is 11.4 Å². The van der Waals surface area contributed by atoms with Crippen LogP contribution in [0.25, 0.3) is 0 Å². The Hall–Kier alpha value is -1.57. The Morgan fingerprint density at radius 1 is 1.14 bits per heavy atom. The van der Waals surface area contributed by atoms with Gasteiger partial charge in [-0.3, -0.25) is 0 Å². The van der Waals surface area contributed by atoms with E-state index in [9.17, 15) is 8.42 Å². The number of benzene rings is 2. The van der Waals surface area contributed by atoms with E-state index >= 15 is 0 Å². The van der Waals surface area contributed by atoms with Gasteiger partial charge >= 0.3 is 0 Å². The van der Waals surface area contributed by atoms with Crippen LogP contribution in [0.1, 0.15) is 5.56 Å². The first kappa shape index (κ1) is 14.4. The van der Waals surface area contributed by atoms with Gasteiger partial charge in [0.2, 0.25) is 16.8 Å². The average molecular weight is 370 g/mol. The molecule has 0 saturated heterocycles. The zero-order valence-electron chi connectivity index (χ0n) is 10.9. The van der Waals surface area contributed by atoms with E-state index in [4.69, 9.17) is 9.47 Å². The Morgan fingerprint density at radius 2 is 1.95 bits per heavy atom. The molecule has 7 heteroatoms. The minimum Gasteiger partial charge on any atom is -0.454 e. The summed E-state index contributed by atoms with van der Waals surface area (Å²) < 4.78 is 38.4. The number of ether oxygens (including phenoxy) is 2. The molecule has 0 atom stereocenters. The maximum Gasteiger partial charge on any atom is 0.240 e. The van der Waals surface area contributed by atoms with Gasteiger partial charge in [0.05, 0.1) is 4.90 Å². The minimum atomic E-state index is -3.57.